The summed E-state index contributed by atoms with van der Waals surface area (Å²) < 4.78 is 66.3. The number of aliphatic imine (C=N–C) groups is 2. The van der Waals surface area contributed by atoms with Gasteiger partial charge in [-0.1, -0.05) is 30.3 Å². The number of hydrazone groups is 1. The Balaban J connectivity index is 1.46. The third kappa shape index (κ3) is 9.41. The van der Waals surface area contributed by atoms with Crippen molar-refractivity contribution in [3.05, 3.63) is 89.7 Å². The minimum atomic E-state index is -5.83. The first-order valence-corrected chi connectivity index (χ1v) is 11.6. The van der Waals surface area contributed by atoms with Gasteiger partial charge in [-0.25, -0.2) is 9.98 Å². The van der Waals surface area contributed by atoms with Crippen LogP contribution >= 0.6 is 12.2 Å². The van der Waals surface area contributed by atoms with Gasteiger partial charge in [-0.15, -0.1) is 0 Å². The van der Waals surface area contributed by atoms with Crippen LogP contribution in [-0.2, 0) is 6.42 Å². The smallest absolute Gasteiger partial charge is 0.426 e. The number of rotatable bonds is 10. The van der Waals surface area contributed by atoms with Crippen molar-refractivity contribution in [2.75, 3.05) is 6.54 Å². The number of nitrogens with two attached hydrogens (primary N) is 1. The lowest BCUT2D eigenvalue weighted by Gasteiger charge is -2.20. The molecule has 204 valence electrons. The van der Waals surface area contributed by atoms with Gasteiger partial charge in [0, 0.05) is 30.4 Å². The second-order valence-electron chi connectivity index (χ2n) is 7.69. The van der Waals surface area contributed by atoms with E-state index in [0.29, 0.717) is 17.2 Å². The number of amidine groups is 1. The molecule has 39 heavy (non-hydrogen) atoms. The Hall–Kier alpha value is -4.46. The standard InChI is InChI=1S/C25H22F5N7OS/c26-24(27,28)25(29,30)38-21-10-8-20(9-11-21)34-16-35-22(31)18-6-4-17(5-7-18)15-36-37-23(39)33-14-12-19-3-1-2-13-32-19/h1-11,13,15-16H,12,14H2,(H2,31,34,35)(H2,33,37,39)/b36-15+. The molecular formula is C25H22F5N7OS. The maximum atomic E-state index is 12.9. The van der Waals surface area contributed by atoms with Crippen LogP contribution in [0.2, 0.25) is 0 Å². The molecule has 0 amide bonds. The lowest BCUT2D eigenvalue weighted by Crippen LogP contribution is -2.41. The molecule has 4 N–H and O–H groups in total. The van der Waals surface area contributed by atoms with Crippen molar-refractivity contribution in [3.63, 3.8) is 0 Å². The fraction of sp³-hybridized carbons (Fsp3) is 0.160. The fourth-order valence-corrected chi connectivity index (χ4v) is 2.99. The summed E-state index contributed by atoms with van der Waals surface area (Å²) in [6.07, 6.45) is -5.99. The Morgan fingerprint density at radius 1 is 1.00 bits per heavy atom. The molecule has 1 aromatic heterocycles. The number of nitrogens with zero attached hydrogens (tertiary/aromatic N) is 4. The van der Waals surface area contributed by atoms with Gasteiger partial charge in [-0.05, 0) is 54.2 Å². The van der Waals surface area contributed by atoms with E-state index in [1.54, 1.807) is 36.7 Å². The van der Waals surface area contributed by atoms with Crippen molar-refractivity contribution >= 4 is 41.4 Å². The van der Waals surface area contributed by atoms with Crippen LogP contribution in [0.3, 0.4) is 0 Å². The van der Waals surface area contributed by atoms with E-state index < -0.39 is 18.0 Å². The largest absolute Gasteiger partial charge is 0.499 e. The van der Waals surface area contributed by atoms with Crippen LogP contribution in [0.5, 0.6) is 5.75 Å². The van der Waals surface area contributed by atoms with E-state index in [-0.39, 0.29) is 11.5 Å². The summed E-state index contributed by atoms with van der Waals surface area (Å²) in [5.41, 5.74) is 11.2. The molecule has 0 unspecified atom stereocenters. The number of benzene rings is 2. The predicted octanol–water partition coefficient (Wildman–Crippen LogP) is 4.72. The van der Waals surface area contributed by atoms with Crippen LogP contribution in [0.15, 0.2) is 88.0 Å². The molecule has 2 aromatic carbocycles. The Morgan fingerprint density at radius 2 is 1.72 bits per heavy atom. The summed E-state index contributed by atoms with van der Waals surface area (Å²) in [7, 11) is 0. The van der Waals surface area contributed by atoms with E-state index in [1.807, 2.05) is 18.2 Å². The minimum Gasteiger partial charge on any atom is -0.426 e. The first-order chi connectivity index (χ1) is 18.5. The van der Waals surface area contributed by atoms with Gasteiger partial charge in [-0.2, -0.15) is 27.1 Å². The van der Waals surface area contributed by atoms with E-state index in [4.69, 9.17) is 18.0 Å². The third-order valence-corrected chi connectivity index (χ3v) is 5.03. The highest BCUT2D eigenvalue weighted by molar-refractivity contribution is 7.80. The van der Waals surface area contributed by atoms with Gasteiger partial charge >= 0.3 is 12.3 Å². The van der Waals surface area contributed by atoms with Crippen molar-refractivity contribution in [2.24, 2.45) is 20.8 Å². The normalized spacial score (nSPS) is 12.6. The van der Waals surface area contributed by atoms with Gasteiger partial charge < -0.3 is 15.8 Å². The monoisotopic (exact) mass is 563 g/mol. The number of ether oxygens (including phenoxy) is 1. The maximum Gasteiger partial charge on any atom is 0.499 e. The number of hydrogen-bond acceptors (Lipinski definition) is 5. The first kappa shape index (κ1) is 29.1. The molecule has 0 radical (unpaired) electrons. The van der Waals surface area contributed by atoms with E-state index in [0.717, 1.165) is 36.1 Å². The highest BCUT2D eigenvalue weighted by atomic mass is 32.1. The molecule has 0 spiro atoms. The lowest BCUT2D eigenvalue weighted by molar-refractivity contribution is -0.360. The average molecular weight is 564 g/mol. The molecule has 0 fully saturated rings. The summed E-state index contributed by atoms with van der Waals surface area (Å²) in [5, 5.41) is 7.49. The van der Waals surface area contributed by atoms with Gasteiger partial charge in [0.05, 0.1) is 11.9 Å². The van der Waals surface area contributed by atoms with E-state index >= 15 is 0 Å². The molecule has 0 atom stereocenters. The zero-order chi connectivity index (χ0) is 28.3. The minimum absolute atomic E-state index is 0.142. The van der Waals surface area contributed by atoms with E-state index in [2.05, 4.69) is 35.5 Å². The Bertz CT molecular complexity index is 1310. The number of hydrogen-bond donors (Lipinski definition) is 3. The summed E-state index contributed by atoms with van der Waals surface area (Å²) in [6, 6.07) is 16.9. The van der Waals surface area contributed by atoms with Gasteiger partial charge in [0.15, 0.2) is 5.11 Å². The van der Waals surface area contributed by atoms with Crippen LogP contribution in [0.1, 0.15) is 16.8 Å². The number of alkyl halides is 5. The van der Waals surface area contributed by atoms with Crippen molar-refractivity contribution < 1.29 is 26.7 Å². The van der Waals surface area contributed by atoms with Crippen molar-refractivity contribution in [1.29, 1.82) is 0 Å². The molecule has 0 aliphatic heterocycles. The first-order valence-electron chi connectivity index (χ1n) is 11.2. The average Bonchev–Trinajstić information content (AvgIpc) is 2.90. The lowest BCUT2D eigenvalue weighted by atomic mass is 10.1. The highest BCUT2D eigenvalue weighted by Gasteiger charge is 2.61. The predicted molar refractivity (Wildman–Crippen MR) is 143 cm³/mol. The Morgan fingerprint density at radius 3 is 2.36 bits per heavy atom. The van der Waals surface area contributed by atoms with Crippen LogP contribution in [0.25, 0.3) is 0 Å². The van der Waals surface area contributed by atoms with Gasteiger partial charge in [0.2, 0.25) is 0 Å². The molecule has 0 saturated heterocycles. The number of thiocarbonyl (C=S) groups is 1. The molecule has 8 nitrogen and oxygen atoms in total. The zero-order valence-electron chi connectivity index (χ0n) is 20.1. The number of halogens is 5. The molecule has 3 aromatic rings. The molecule has 0 saturated carbocycles. The van der Waals surface area contributed by atoms with Crippen molar-refractivity contribution in [3.8, 4) is 5.75 Å². The summed E-state index contributed by atoms with van der Waals surface area (Å²) in [6.45, 7) is 0.607. The van der Waals surface area contributed by atoms with Gasteiger partial charge in [-0.3, -0.25) is 10.4 Å². The zero-order valence-corrected chi connectivity index (χ0v) is 20.9. The molecule has 0 bridgehead atoms. The maximum absolute atomic E-state index is 12.9. The van der Waals surface area contributed by atoms with Gasteiger partial charge in [0.25, 0.3) is 0 Å². The van der Waals surface area contributed by atoms with E-state index in [9.17, 15) is 22.0 Å². The van der Waals surface area contributed by atoms with Crippen LogP contribution in [0, 0.1) is 0 Å². The molecule has 1 heterocycles. The quantitative estimate of drug-likeness (QED) is 0.108. The topological polar surface area (TPSA) is 109 Å². The molecule has 3 rings (SSSR count). The van der Waals surface area contributed by atoms with Gasteiger partial charge in [0.1, 0.15) is 17.9 Å². The third-order valence-electron chi connectivity index (χ3n) is 4.80. The number of pyridine rings is 1. The molecular weight excluding hydrogens is 541 g/mol. The van der Waals surface area contributed by atoms with Crippen LogP contribution < -0.4 is 21.2 Å². The SMILES string of the molecule is NC(=NC=Nc1ccc(OC(F)(F)C(F)(F)F)cc1)c1ccc(/C=N/NC(=S)NCCc2ccccn2)cc1. The van der Waals surface area contributed by atoms with Crippen LogP contribution in [-0.4, -0.2) is 47.3 Å². The second-order valence-corrected chi connectivity index (χ2v) is 8.10. The highest BCUT2D eigenvalue weighted by Crippen LogP contribution is 2.37. The fourth-order valence-electron chi connectivity index (χ4n) is 2.83. The number of nitrogens with one attached hydrogen (secondary N) is 2. The van der Waals surface area contributed by atoms with E-state index in [1.165, 1.54) is 12.1 Å². The summed E-state index contributed by atoms with van der Waals surface area (Å²) in [4.78, 5) is 12.2. The Kier molecular flexibility index (Phi) is 9.98. The Labute approximate surface area is 225 Å². The van der Waals surface area contributed by atoms with Crippen molar-refractivity contribution in [1.82, 2.24) is 15.7 Å². The summed E-state index contributed by atoms with van der Waals surface area (Å²) in [5.74, 6) is -0.528. The van der Waals surface area contributed by atoms with Crippen LogP contribution in [0.4, 0.5) is 27.6 Å². The molecule has 0 aliphatic rings. The van der Waals surface area contributed by atoms with Crippen molar-refractivity contribution in [2.45, 2.75) is 18.7 Å². The molecule has 14 heteroatoms. The number of aromatic nitrogens is 1. The second kappa shape index (κ2) is 13.4. The summed E-state index contributed by atoms with van der Waals surface area (Å²) >= 11 is 5.18. The molecule has 0 aliphatic carbocycles.